The maximum absolute atomic E-state index is 12.1. The molecule has 0 bridgehead atoms. The number of para-hydroxylation sites is 1. The van der Waals surface area contributed by atoms with E-state index in [-0.39, 0.29) is 12.1 Å². The van der Waals surface area contributed by atoms with Crippen LogP contribution in [0.3, 0.4) is 0 Å². The Balaban J connectivity index is 1.85. The molecule has 0 saturated heterocycles. The number of ether oxygens (including phenoxy) is 1. The van der Waals surface area contributed by atoms with Crippen molar-refractivity contribution in [1.29, 1.82) is 5.26 Å². The number of hydrogen-bond donors (Lipinski definition) is 1. The number of nitrogens with one attached hydrogen (secondary N) is 1. The van der Waals surface area contributed by atoms with Gasteiger partial charge in [-0.2, -0.15) is 5.26 Å². The number of rotatable bonds is 7. The average Bonchev–Trinajstić information content (AvgIpc) is 3.18. The van der Waals surface area contributed by atoms with Gasteiger partial charge in [0.1, 0.15) is 17.4 Å². The lowest BCUT2D eigenvalue weighted by atomic mass is 10.2. The molecular weight excluding hydrogens is 386 g/mol. The molecule has 0 radical (unpaired) electrons. The number of nitrogens with zero attached hydrogens (tertiary/aromatic N) is 2. The Morgan fingerprint density at radius 3 is 2.68 bits per heavy atom. The summed E-state index contributed by atoms with van der Waals surface area (Å²) in [5, 5.41) is 12.0. The van der Waals surface area contributed by atoms with Gasteiger partial charge in [0.05, 0.1) is 23.5 Å². The zero-order chi connectivity index (χ0) is 20.5. The number of anilines is 1. The van der Waals surface area contributed by atoms with Crippen molar-refractivity contribution in [3.63, 3.8) is 0 Å². The van der Waals surface area contributed by atoms with Crippen LogP contribution < -0.4 is 5.32 Å². The average molecular weight is 402 g/mol. The van der Waals surface area contributed by atoms with Gasteiger partial charge in [-0.3, -0.25) is 9.59 Å². The van der Waals surface area contributed by atoms with Crippen molar-refractivity contribution in [2.75, 3.05) is 25.5 Å². The molecule has 9 heteroatoms. The number of benzene rings is 1. The van der Waals surface area contributed by atoms with E-state index in [1.165, 1.54) is 19.4 Å². The minimum Gasteiger partial charge on any atom is -0.465 e. The highest BCUT2D eigenvalue weighted by atomic mass is 35.5. The number of likely N-dealkylation sites (N-methyl/N-ethyl adjacent to an activating group) is 1. The monoisotopic (exact) mass is 401 g/mol. The van der Waals surface area contributed by atoms with Crippen molar-refractivity contribution in [2.45, 2.75) is 0 Å². The Morgan fingerprint density at radius 1 is 1.29 bits per heavy atom. The van der Waals surface area contributed by atoms with Gasteiger partial charge in [-0.15, -0.1) is 0 Å². The number of carbonyl (C=O) groups is 3. The zero-order valence-corrected chi connectivity index (χ0v) is 15.6. The third-order valence-electron chi connectivity index (χ3n) is 3.45. The van der Waals surface area contributed by atoms with Gasteiger partial charge in [-0.05, 0) is 24.3 Å². The van der Waals surface area contributed by atoms with Crippen LogP contribution in [0.1, 0.15) is 5.76 Å². The van der Waals surface area contributed by atoms with Crippen LogP contribution in [0.25, 0.3) is 6.08 Å². The summed E-state index contributed by atoms with van der Waals surface area (Å²) < 4.78 is 9.85. The fourth-order valence-corrected chi connectivity index (χ4v) is 2.21. The molecule has 1 aromatic carbocycles. The second-order valence-corrected chi connectivity index (χ2v) is 5.95. The number of carbonyl (C=O) groups excluding carboxylic acids is 3. The molecule has 0 fully saturated rings. The molecule has 0 spiro atoms. The van der Waals surface area contributed by atoms with Crippen LogP contribution in [0, 0.1) is 11.3 Å². The Labute approximate surface area is 165 Å². The summed E-state index contributed by atoms with van der Waals surface area (Å²) in [7, 11) is 1.38. The first kappa shape index (κ1) is 20.7. The zero-order valence-electron chi connectivity index (χ0n) is 14.8. The van der Waals surface area contributed by atoms with Gasteiger partial charge in [-0.25, -0.2) is 4.79 Å². The Bertz CT molecular complexity index is 931. The molecule has 2 amide bonds. The fraction of sp³-hybridized carbons (Fsp3) is 0.158. The first-order chi connectivity index (χ1) is 13.4. The first-order valence-corrected chi connectivity index (χ1v) is 8.39. The lowest BCUT2D eigenvalue weighted by molar-refractivity contribution is -0.148. The smallest absolute Gasteiger partial charge is 0.349 e. The molecule has 0 aliphatic rings. The van der Waals surface area contributed by atoms with Crippen LogP contribution in [0.4, 0.5) is 5.69 Å². The summed E-state index contributed by atoms with van der Waals surface area (Å²) in [4.78, 5) is 37.1. The second-order valence-electron chi connectivity index (χ2n) is 5.54. The van der Waals surface area contributed by atoms with Crippen LogP contribution in [-0.2, 0) is 19.1 Å². The maximum atomic E-state index is 12.1. The van der Waals surface area contributed by atoms with E-state index in [0.29, 0.717) is 16.5 Å². The molecule has 1 aromatic heterocycles. The van der Waals surface area contributed by atoms with Crippen LogP contribution in [0.5, 0.6) is 0 Å². The van der Waals surface area contributed by atoms with Crippen molar-refractivity contribution < 1.29 is 23.5 Å². The van der Waals surface area contributed by atoms with E-state index >= 15 is 0 Å². The Morgan fingerprint density at radius 2 is 2.04 bits per heavy atom. The minimum absolute atomic E-state index is 0.269. The molecular formula is C19H16ClN3O5. The van der Waals surface area contributed by atoms with Gasteiger partial charge >= 0.3 is 5.97 Å². The Kier molecular flexibility index (Phi) is 7.37. The van der Waals surface area contributed by atoms with E-state index in [1.807, 2.05) is 0 Å². The van der Waals surface area contributed by atoms with Gasteiger partial charge in [0, 0.05) is 13.1 Å². The number of amides is 2. The summed E-state index contributed by atoms with van der Waals surface area (Å²) >= 11 is 5.95. The molecule has 144 valence electrons. The van der Waals surface area contributed by atoms with E-state index < -0.39 is 24.4 Å². The number of nitriles is 1. The third-order valence-corrected chi connectivity index (χ3v) is 3.78. The first-order valence-electron chi connectivity index (χ1n) is 8.01. The van der Waals surface area contributed by atoms with Gasteiger partial charge in [0.2, 0.25) is 5.91 Å². The van der Waals surface area contributed by atoms with Gasteiger partial charge in [0.25, 0.3) is 5.91 Å². The van der Waals surface area contributed by atoms with Crippen LogP contribution in [-0.4, -0.2) is 42.9 Å². The highest BCUT2D eigenvalue weighted by molar-refractivity contribution is 6.33. The van der Waals surface area contributed by atoms with Gasteiger partial charge in [0.15, 0.2) is 6.61 Å². The maximum Gasteiger partial charge on any atom is 0.349 e. The molecule has 0 aliphatic heterocycles. The molecule has 2 aromatic rings. The molecule has 0 aliphatic carbocycles. The van der Waals surface area contributed by atoms with Crippen molar-refractivity contribution in [3.8, 4) is 6.07 Å². The summed E-state index contributed by atoms with van der Waals surface area (Å²) in [6, 6.07) is 11.5. The van der Waals surface area contributed by atoms with E-state index in [2.05, 4.69) is 5.32 Å². The van der Waals surface area contributed by atoms with Crippen LogP contribution >= 0.6 is 11.6 Å². The summed E-state index contributed by atoms with van der Waals surface area (Å²) in [6.07, 6.45) is 2.59. The summed E-state index contributed by atoms with van der Waals surface area (Å²) in [5.41, 5.74) is 0.102. The Hall–Kier alpha value is -3.57. The minimum atomic E-state index is -0.971. The normalized spacial score (nSPS) is 10.7. The molecule has 1 N–H and O–H groups in total. The van der Waals surface area contributed by atoms with Crippen molar-refractivity contribution >= 4 is 41.1 Å². The SMILES string of the molecule is CN(CC(=O)Nc1ccccc1Cl)C(=O)COC(=O)/C(C#N)=C/c1ccco1. The molecule has 28 heavy (non-hydrogen) atoms. The number of hydrogen-bond acceptors (Lipinski definition) is 6. The van der Waals surface area contributed by atoms with Crippen LogP contribution in [0.2, 0.25) is 5.02 Å². The highest BCUT2D eigenvalue weighted by Gasteiger charge is 2.18. The van der Waals surface area contributed by atoms with E-state index in [9.17, 15) is 14.4 Å². The van der Waals surface area contributed by atoms with Crippen molar-refractivity contribution in [2.24, 2.45) is 0 Å². The van der Waals surface area contributed by atoms with Crippen molar-refractivity contribution in [1.82, 2.24) is 4.90 Å². The van der Waals surface area contributed by atoms with E-state index in [1.54, 1.807) is 42.5 Å². The number of halogens is 1. The molecule has 1 heterocycles. The van der Waals surface area contributed by atoms with E-state index in [4.69, 9.17) is 26.0 Å². The summed E-state index contributed by atoms with van der Waals surface area (Å²) in [6.45, 7) is -0.888. The topological polar surface area (TPSA) is 113 Å². The van der Waals surface area contributed by atoms with E-state index in [0.717, 1.165) is 4.90 Å². The molecule has 2 rings (SSSR count). The predicted molar refractivity (Wildman–Crippen MR) is 101 cm³/mol. The van der Waals surface area contributed by atoms with Gasteiger partial charge in [-0.1, -0.05) is 23.7 Å². The molecule has 0 atom stereocenters. The second kappa shape index (κ2) is 9.94. The fourth-order valence-electron chi connectivity index (χ4n) is 2.02. The van der Waals surface area contributed by atoms with Gasteiger partial charge < -0.3 is 19.4 Å². The number of esters is 1. The van der Waals surface area contributed by atoms with Crippen LogP contribution in [0.15, 0.2) is 52.7 Å². The predicted octanol–water partition coefficient (Wildman–Crippen LogP) is 2.48. The molecule has 0 saturated carbocycles. The summed E-state index contributed by atoms with van der Waals surface area (Å²) in [5.74, 6) is -1.75. The lowest BCUT2D eigenvalue weighted by Crippen LogP contribution is -2.37. The highest BCUT2D eigenvalue weighted by Crippen LogP contribution is 2.20. The van der Waals surface area contributed by atoms with Crippen molar-refractivity contribution in [3.05, 3.63) is 59.0 Å². The standard InChI is InChI=1S/C19H16ClN3O5/c1-23(11-17(24)22-16-7-3-2-6-15(16)20)18(25)12-28-19(26)13(10-21)9-14-5-4-8-27-14/h2-9H,11-12H2,1H3,(H,22,24)/b13-9+. The quantitative estimate of drug-likeness (QED) is 0.433. The number of furan rings is 1. The third kappa shape index (κ3) is 6.00. The largest absolute Gasteiger partial charge is 0.465 e. The molecule has 0 unspecified atom stereocenters. The lowest BCUT2D eigenvalue weighted by Gasteiger charge is -2.17. The molecule has 8 nitrogen and oxygen atoms in total.